The minimum Gasteiger partial charge on any atom is -0.507 e. The Morgan fingerprint density at radius 1 is 0.969 bits per heavy atom. The minimum atomic E-state index is -0.658. The van der Waals surface area contributed by atoms with E-state index in [2.05, 4.69) is 0 Å². The average molecular weight is 436 g/mol. The van der Waals surface area contributed by atoms with Crippen molar-refractivity contribution in [3.63, 3.8) is 0 Å². The lowest BCUT2D eigenvalue weighted by molar-refractivity contribution is -0.141. The number of aliphatic hydroxyl groups excluding tert-OH is 1. The molecule has 6 heteroatoms. The largest absolute Gasteiger partial charge is 0.507 e. The van der Waals surface area contributed by atoms with Crippen LogP contribution in [0.1, 0.15) is 56.7 Å². The molecule has 32 heavy (non-hydrogen) atoms. The lowest BCUT2D eigenvalue weighted by Crippen LogP contribution is -2.37. The lowest BCUT2D eigenvalue weighted by Gasteiger charge is -2.31. The third kappa shape index (κ3) is 4.09. The number of aliphatic hydroxyl groups is 1. The zero-order valence-electron chi connectivity index (χ0n) is 18.5. The van der Waals surface area contributed by atoms with E-state index in [1.165, 1.54) is 0 Å². The Hall–Kier alpha value is -3.28. The first-order chi connectivity index (χ1) is 15.5. The van der Waals surface area contributed by atoms with E-state index in [9.17, 15) is 14.7 Å². The molecule has 168 valence electrons. The van der Waals surface area contributed by atoms with Gasteiger partial charge < -0.3 is 19.5 Å². The molecular weight excluding hydrogens is 406 g/mol. The minimum absolute atomic E-state index is 0.0211. The standard InChI is InChI=1S/C26H29NO5/c1-3-31-20-13-7-9-17(15-20)23-22(24(28)18-10-8-14-21(16-18)32-4-2)25(29)26(30)27(23)19-11-5-6-12-19/h7-10,13-16,19,23,28H,3-6,11-12H2,1-2H3/b24-22-. The summed E-state index contributed by atoms with van der Waals surface area (Å²) in [4.78, 5) is 28.1. The van der Waals surface area contributed by atoms with E-state index in [0.717, 1.165) is 31.2 Å². The summed E-state index contributed by atoms with van der Waals surface area (Å²) in [6.07, 6.45) is 3.76. The summed E-state index contributed by atoms with van der Waals surface area (Å²) in [5.74, 6) is -0.122. The average Bonchev–Trinajstić information content (AvgIpc) is 3.41. The summed E-state index contributed by atoms with van der Waals surface area (Å²) in [6, 6.07) is 13.7. The smallest absolute Gasteiger partial charge is 0.295 e. The van der Waals surface area contributed by atoms with Gasteiger partial charge in [0.25, 0.3) is 11.7 Å². The Morgan fingerprint density at radius 3 is 2.25 bits per heavy atom. The topological polar surface area (TPSA) is 76.1 Å². The van der Waals surface area contributed by atoms with Gasteiger partial charge in [-0.1, -0.05) is 37.1 Å². The number of Topliss-reactive ketones (excluding diaryl/α,β-unsaturated/α-hetero) is 1. The summed E-state index contributed by atoms with van der Waals surface area (Å²) in [6.45, 7) is 4.78. The number of likely N-dealkylation sites (tertiary alicyclic amines) is 1. The highest BCUT2D eigenvalue weighted by Crippen LogP contribution is 2.44. The number of rotatable bonds is 7. The van der Waals surface area contributed by atoms with Crippen molar-refractivity contribution >= 4 is 17.4 Å². The van der Waals surface area contributed by atoms with Crippen LogP contribution < -0.4 is 9.47 Å². The summed E-state index contributed by atoms with van der Waals surface area (Å²) in [5, 5.41) is 11.3. The molecular formula is C26H29NO5. The van der Waals surface area contributed by atoms with Gasteiger partial charge in [0, 0.05) is 11.6 Å². The predicted octanol–water partition coefficient (Wildman–Crippen LogP) is 4.85. The molecule has 1 aliphatic carbocycles. The monoisotopic (exact) mass is 435 g/mol. The fourth-order valence-electron chi connectivity index (χ4n) is 4.73. The molecule has 4 rings (SSSR count). The lowest BCUT2D eigenvalue weighted by atomic mass is 9.94. The second-order valence-electron chi connectivity index (χ2n) is 8.11. The Balaban J connectivity index is 1.86. The third-order valence-corrected chi connectivity index (χ3v) is 6.10. The third-order valence-electron chi connectivity index (χ3n) is 6.10. The maximum atomic E-state index is 13.2. The fraction of sp³-hybridized carbons (Fsp3) is 0.385. The summed E-state index contributed by atoms with van der Waals surface area (Å²) >= 11 is 0. The maximum Gasteiger partial charge on any atom is 0.295 e. The molecule has 2 aliphatic rings. The molecule has 1 saturated carbocycles. The van der Waals surface area contributed by atoms with Crippen LogP contribution >= 0.6 is 0 Å². The molecule has 0 aromatic heterocycles. The molecule has 2 fully saturated rings. The Kier molecular flexibility index (Phi) is 6.49. The van der Waals surface area contributed by atoms with Gasteiger partial charge in [0.05, 0.1) is 24.8 Å². The molecule has 0 bridgehead atoms. The van der Waals surface area contributed by atoms with E-state index in [0.29, 0.717) is 30.3 Å². The second kappa shape index (κ2) is 9.47. The summed E-state index contributed by atoms with van der Waals surface area (Å²) < 4.78 is 11.2. The number of ketones is 1. The Bertz CT molecular complexity index is 1040. The van der Waals surface area contributed by atoms with Crippen molar-refractivity contribution in [3.05, 3.63) is 65.2 Å². The van der Waals surface area contributed by atoms with Gasteiger partial charge in [-0.25, -0.2) is 0 Å². The first-order valence-corrected chi connectivity index (χ1v) is 11.3. The maximum absolute atomic E-state index is 13.2. The van der Waals surface area contributed by atoms with Gasteiger partial charge >= 0.3 is 0 Å². The molecule has 1 amide bonds. The van der Waals surface area contributed by atoms with E-state index in [1.54, 1.807) is 29.2 Å². The molecule has 1 atom stereocenters. The van der Waals surface area contributed by atoms with E-state index in [-0.39, 0.29) is 17.4 Å². The Morgan fingerprint density at radius 2 is 1.59 bits per heavy atom. The number of benzene rings is 2. The number of amides is 1. The van der Waals surface area contributed by atoms with E-state index in [4.69, 9.17) is 9.47 Å². The van der Waals surface area contributed by atoms with Crippen LogP contribution in [0, 0.1) is 0 Å². The molecule has 6 nitrogen and oxygen atoms in total. The number of carbonyl (C=O) groups is 2. The zero-order chi connectivity index (χ0) is 22.7. The first kappa shape index (κ1) is 21.9. The highest BCUT2D eigenvalue weighted by atomic mass is 16.5. The number of hydrogen-bond donors (Lipinski definition) is 1. The molecule has 0 radical (unpaired) electrons. The van der Waals surface area contributed by atoms with E-state index >= 15 is 0 Å². The van der Waals surface area contributed by atoms with Crippen LogP contribution in [-0.2, 0) is 9.59 Å². The van der Waals surface area contributed by atoms with Crippen molar-refractivity contribution in [1.82, 2.24) is 4.90 Å². The molecule has 1 unspecified atom stereocenters. The van der Waals surface area contributed by atoms with Gasteiger partial charge in [-0.15, -0.1) is 0 Å². The SMILES string of the molecule is CCOc1cccc(/C(O)=C2/C(=O)C(=O)N(C3CCCC3)C2c2cccc(OCC)c2)c1. The van der Waals surface area contributed by atoms with Gasteiger partial charge in [0.1, 0.15) is 17.3 Å². The summed E-state index contributed by atoms with van der Waals surface area (Å²) in [7, 11) is 0. The molecule has 2 aromatic carbocycles. The van der Waals surface area contributed by atoms with E-state index in [1.807, 2.05) is 38.1 Å². The zero-order valence-corrected chi connectivity index (χ0v) is 18.5. The van der Waals surface area contributed by atoms with Crippen LogP contribution in [0.15, 0.2) is 54.1 Å². The highest BCUT2D eigenvalue weighted by molar-refractivity contribution is 6.46. The fourth-order valence-corrected chi connectivity index (χ4v) is 4.73. The van der Waals surface area contributed by atoms with Crippen LogP contribution in [0.5, 0.6) is 11.5 Å². The van der Waals surface area contributed by atoms with Crippen LogP contribution in [0.25, 0.3) is 5.76 Å². The van der Waals surface area contributed by atoms with Crippen LogP contribution in [-0.4, -0.2) is 41.0 Å². The van der Waals surface area contributed by atoms with Crippen molar-refractivity contribution in [1.29, 1.82) is 0 Å². The van der Waals surface area contributed by atoms with Crippen molar-refractivity contribution in [2.45, 2.75) is 51.6 Å². The quantitative estimate of drug-likeness (QED) is 0.382. The molecule has 0 spiro atoms. The van der Waals surface area contributed by atoms with Gasteiger partial charge in [-0.05, 0) is 56.5 Å². The van der Waals surface area contributed by atoms with Crippen LogP contribution in [0.2, 0.25) is 0 Å². The van der Waals surface area contributed by atoms with Crippen molar-refractivity contribution < 1.29 is 24.2 Å². The van der Waals surface area contributed by atoms with Crippen molar-refractivity contribution in [2.24, 2.45) is 0 Å². The molecule has 1 N–H and O–H groups in total. The molecule has 1 heterocycles. The van der Waals surface area contributed by atoms with Crippen LogP contribution in [0.3, 0.4) is 0 Å². The van der Waals surface area contributed by atoms with Gasteiger partial charge in [-0.2, -0.15) is 0 Å². The number of nitrogens with zero attached hydrogens (tertiary/aromatic N) is 1. The van der Waals surface area contributed by atoms with Gasteiger partial charge in [-0.3, -0.25) is 9.59 Å². The molecule has 1 aliphatic heterocycles. The number of hydrogen-bond acceptors (Lipinski definition) is 5. The highest BCUT2D eigenvalue weighted by Gasteiger charge is 2.49. The normalized spacial score (nSPS) is 20.7. The van der Waals surface area contributed by atoms with Crippen LogP contribution in [0.4, 0.5) is 0 Å². The predicted molar refractivity (Wildman–Crippen MR) is 122 cm³/mol. The number of carbonyl (C=O) groups excluding carboxylic acids is 2. The second-order valence-corrected chi connectivity index (χ2v) is 8.11. The van der Waals surface area contributed by atoms with Crippen molar-refractivity contribution in [2.75, 3.05) is 13.2 Å². The van der Waals surface area contributed by atoms with Gasteiger partial charge in [0.15, 0.2) is 0 Å². The van der Waals surface area contributed by atoms with E-state index < -0.39 is 17.7 Å². The van der Waals surface area contributed by atoms with Crippen molar-refractivity contribution in [3.8, 4) is 11.5 Å². The summed E-state index contributed by atoms with van der Waals surface area (Å²) in [5.41, 5.74) is 1.32. The first-order valence-electron chi connectivity index (χ1n) is 11.3. The Labute approximate surface area is 188 Å². The molecule has 2 aromatic rings. The number of ether oxygens (including phenoxy) is 2. The molecule has 1 saturated heterocycles. The van der Waals surface area contributed by atoms with Gasteiger partial charge in [0.2, 0.25) is 0 Å².